The minimum atomic E-state index is -0.282. The van der Waals surface area contributed by atoms with Crippen LogP contribution in [0, 0.1) is 0 Å². The first-order valence-corrected chi connectivity index (χ1v) is 9.00. The van der Waals surface area contributed by atoms with E-state index in [4.69, 9.17) is 4.74 Å². The number of anilines is 1. The van der Waals surface area contributed by atoms with E-state index in [0.29, 0.717) is 23.3 Å². The van der Waals surface area contributed by atoms with E-state index >= 15 is 0 Å². The molecule has 1 amide bonds. The van der Waals surface area contributed by atoms with Crippen molar-refractivity contribution in [2.45, 2.75) is 6.61 Å². The van der Waals surface area contributed by atoms with E-state index in [-0.39, 0.29) is 11.6 Å². The molecule has 0 fully saturated rings. The van der Waals surface area contributed by atoms with Gasteiger partial charge in [0.05, 0.1) is 16.7 Å². The van der Waals surface area contributed by atoms with Crippen molar-refractivity contribution in [1.82, 2.24) is 15.0 Å². The standard InChI is InChI=1S/C22H18N4O3/c27-21(24-16-7-10-19-20(13-16)26-22(28)25-19)11-6-15-4-8-18(9-5-15)29-14-17-3-1-2-12-23-17/h1-13H,14H2,(H,24,27)(H2,25,26,28). The van der Waals surface area contributed by atoms with Crippen LogP contribution in [-0.4, -0.2) is 20.9 Å². The average Bonchev–Trinajstić information content (AvgIpc) is 3.11. The Balaban J connectivity index is 1.33. The summed E-state index contributed by atoms with van der Waals surface area (Å²) < 4.78 is 5.69. The Kier molecular flexibility index (Phi) is 5.20. The highest BCUT2D eigenvalue weighted by molar-refractivity contribution is 6.02. The molecule has 0 spiro atoms. The Hall–Kier alpha value is -4.13. The van der Waals surface area contributed by atoms with Gasteiger partial charge in [-0.25, -0.2) is 4.79 Å². The summed E-state index contributed by atoms with van der Waals surface area (Å²) in [5.41, 5.74) is 3.37. The van der Waals surface area contributed by atoms with Gasteiger partial charge in [-0.2, -0.15) is 0 Å². The minimum absolute atomic E-state index is 0.266. The lowest BCUT2D eigenvalue weighted by Crippen LogP contribution is -2.07. The van der Waals surface area contributed by atoms with Gasteiger partial charge in [0.2, 0.25) is 5.91 Å². The summed E-state index contributed by atoms with van der Waals surface area (Å²) >= 11 is 0. The number of aromatic nitrogens is 3. The molecule has 2 heterocycles. The molecule has 0 radical (unpaired) electrons. The van der Waals surface area contributed by atoms with Crippen molar-refractivity contribution in [1.29, 1.82) is 0 Å². The predicted molar refractivity (Wildman–Crippen MR) is 112 cm³/mol. The number of ether oxygens (including phenoxy) is 1. The number of H-pyrrole nitrogens is 2. The second-order valence-electron chi connectivity index (χ2n) is 6.34. The van der Waals surface area contributed by atoms with Crippen LogP contribution in [-0.2, 0) is 11.4 Å². The maximum atomic E-state index is 12.1. The second-order valence-corrected chi connectivity index (χ2v) is 6.34. The summed E-state index contributed by atoms with van der Waals surface area (Å²) in [6, 6.07) is 18.3. The molecule has 0 aliphatic heterocycles. The van der Waals surface area contributed by atoms with Crippen molar-refractivity contribution in [3.63, 3.8) is 0 Å². The number of nitrogens with zero attached hydrogens (tertiary/aromatic N) is 1. The van der Waals surface area contributed by atoms with E-state index < -0.39 is 0 Å². The molecule has 7 heteroatoms. The van der Waals surface area contributed by atoms with E-state index in [1.807, 2.05) is 42.5 Å². The Labute approximate surface area is 166 Å². The van der Waals surface area contributed by atoms with Crippen LogP contribution in [0.2, 0.25) is 0 Å². The van der Waals surface area contributed by atoms with E-state index in [0.717, 1.165) is 17.0 Å². The quantitative estimate of drug-likeness (QED) is 0.442. The number of amides is 1. The SMILES string of the molecule is O=C(C=Cc1ccc(OCc2ccccn2)cc1)Nc1ccc2[nH]c(=O)[nH]c2c1. The van der Waals surface area contributed by atoms with E-state index in [2.05, 4.69) is 20.3 Å². The number of pyridine rings is 1. The van der Waals surface area contributed by atoms with Crippen LogP contribution in [0.3, 0.4) is 0 Å². The zero-order valence-corrected chi connectivity index (χ0v) is 15.4. The molecule has 2 aromatic heterocycles. The van der Waals surface area contributed by atoms with Crippen LogP contribution in [0.25, 0.3) is 17.1 Å². The molecule has 0 atom stereocenters. The molecule has 7 nitrogen and oxygen atoms in total. The van der Waals surface area contributed by atoms with Gasteiger partial charge in [0.25, 0.3) is 0 Å². The van der Waals surface area contributed by atoms with Gasteiger partial charge in [-0.3, -0.25) is 9.78 Å². The van der Waals surface area contributed by atoms with Crippen molar-refractivity contribution in [2.24, 2.45) is 0 Å². The number of carbonyl (C=O) groups is 1. The fourth-order valence-corrected chi connectivity index (χ4v) is 2.78. The molecule has 0 unspecified atom stereocenters. The van der Waals surface area contributed by atoms with Gasteiger partial charge in [-0.15, -0.1) is 0 Å². The topological polar surface area (TPSA) is 99.9 Å². The monoisotopic (exact) mass is 386 g/mol. The zero-order chi connectivity index (χ0) is 20.1. The molecule has 144 valence electrons. The Morgan fingerprint density at radius 1 is 1.03 bits per heavy atom. The van der Waals surface area contributed by atoms with Gasteiger partial charge in [-0.05, 0) is 54.1 Å². The fraction of sp³-hybridized carbons (Fsp3) is 0.0455. The first-order valence-electron chi connectivity index (χ1n) is 9.00. The van der Waals surface area contributed by atoms with Crippen LogP contribution in [0.1, 0.15) is 11.3 Å². The average molecular weight is 386 g/mol. The molecular weight excluding hydrogens is 368 g/mol. The summed E-state index contributed by atoms with van der Waals surface area (Å²) in [5.74, 6) is 0.462. The molecule has 3 N–H and O–H groups in total. The van der Waals surface area contributed by atoms with Gasteiger partial charge in [-0.1, -0.05) is 18.2 Å². The Bertz CT molecular complexity index is 1210. The van der Waals surface area contributed by atoms with Crippen molar-refractivity contribution in [3.8, 4) is 5.75 Å². The zero-order valence-electron chi connectivity index (χ0n) is 15.4. The summed E-state index contributed by atoms with van der Waals surface area (Å²) in [6.45, 7) is 0.398. The molecule has 4 aromatic rings. The van der Waals surface area contributed by atoms with Crippen LogP contribution in [0.4, 0.5) is 5.69 Å². The molecule has 0 aliphatic rings. The number of fused-ring (bicyclic) bond motifs is 1. The van der Waals surface area contributed by atoms with Crippen molar-refractivity contribution < 1.29 is 9.53 Å². The van der Waals surface area contributed by atoms with Gasteiger partial charge in [0.1, 0.15) is 12.4 Å². The van der Waals surface area contributed by atoms with Crippen LogP contribution in [0.15, 0.2) is 77.7 Å². The smallest absolute Gasteiger partial charge is 0.323 e. The number of imidazole rings is 1. The number of rotatable bonds is 6. The molecule has 0 saturated heterocycles. The van der Waals surface area contributed by atoms with Crippen molar-refractivity contribution in [3.05, 3.63) is 94.7 Å². The first-order chi connectivity index (χ1) is 14.2. The van der Waals surface area contributed by atoms with Gasteiger partial charge < -0.3 is 20.0 Å². The summed E-state index contributed by atoms with van der Waals surface area (Å²) in [7, 11) is 0. The lowest BCUT2D eigenvalue weighted by molar-refractivity contribution is -0.111. The molecule has 0 aliphatic carbocycles. The minimum Gasteiger partial charge on any atom is -0.487 e. The van der Waals surface area contributed by atoms with Crippen LogP contribution < -0.4 is 15.7 Å². The van der Waals surface area contributed by atoms with E-state index in [9.17, 15) is 9.59 Å². The maximum absolute atomic E-state index is 12.1. The lowest BCUT2D eigenvalue weighted by Gasteiger charge is -2.05. The largest absolute Gasteiger partial charge is 0.487 e. The summed E-state index contributed by atoms with van der Waals surface area (Å²) in [6.07, 6.45) is 4.90. The molecule has 2 aromatic carbocycles. The Morgan fingerprint density at radius 2 is 1.86 bits per heavy atom. The van der Waals surface area contributed by atoms with Crippen molar-refractivity contribution >= 4 is 28.7 Å². The molecule has 0 bridgehead atoms. The lowest BCUT2D eigenvalue weighted by atomic mass is 10.2. The maximum Gasteiger partial charge on any atom is 0.323 e. The summed E-state index contributed by atoms with van der Waals surface area (Å²) in [5, 5.41) is 2.77. The number of benzene rings is 2. The predicted octanol–water partition coefficient (Wildman–Crippen LogP) is 3.48. The second kappa shape index (κ2) is 8.26. The van der Waals surface area contributed by atoms with Crippen LogP contribution >= 0.6 is 0 Å². The number of nitrogens with one attached hydrogen (secondary N) is 3. The third-order valence-electron chi connectivity index (χ3n) is 4.20. The highest BCUT2D eigenvalue weighted by atomic mass is 16.5. The molecular formula is C22H18N4O3. The van der Waals surface area contributed by atoms with Gasteiger partial charge in [0, 0.05) is 18.0 Å². The first kappa shape index (κ1) is 18.2. The third kappa shape index (κ3) is 4.78. The van der Waals surface area contributed by atoms with Crippen LogP contribution in [0.5, 0.6) is 5.75 Å². The molecule has 0 saturated carbocycles. The highest BCUT2D eigenvalue weighted by Crippen LogP contribution is 2.16. The normalized spacial score (nSPS) is 11.0. The van der Waals surface area contributed by atoms with Gasteiger partial charge >= 0.3 is 5.69 Å². The fourth-order valence-electron chi connectivity index (χ4n) is 2.78. The van der Waals surface area contributed by atoms with Gasteiger partial charge in [0.15, 0.2) is 0 Å². The number of hydrogen-bond donors (Lipinski definition) is 3. The van der Waals surface area contributed by atoms with Crippen molar-refractivity contribution in [2.75, 3.05) is 5.32 Å². The van der Waals surface area contributed by atoms with E-state index in [1.54, 1.807) is 30.5 Å². The highest BCUT2D eigenvalue weighted by Gasteiger charge is 2.02. The molecule has 4 rings (SSSR count). The number of hydrogen-bond acceptors (Lipinski definition) is 4. The number of carbonyl (C=O) groups excluding carboxylic acids is 1. The summed E-state index contributed by atoms with van der Waals surface area (Å²) in [4.78, 5) is 33.0. The van der Waals surface area contributed by atoms with E-state index in [1.165, 1.54) is 6.08 Å². The molecule has 29 heavy (non-hydrogen) atoms. The number of aromatic amines is 2. The Morgan fingerprint density at radius 3 is 2.66 bits per heavy atom. The third-order valence-corrected chi connectivity index (χ3v) is 4.20.